The lowest BCUT2D eigenvalue weighted by Crippen LogP contribution is -2.46. The highest BCUT2D eigenvalue weighted by Gasteiger charge is 2.55. The first-order valence-corrected chi connectivity index (χ1v) is 13.5. The van der Waals surface area contributed by atoms with Gasteiger partial charge in [-0.2, -0.15) is 30.9 Å². The van der Waals surface area contributed by atoms with Crippen molar-refractivity contribution in [3.8, 4) is 17.2 Å². The lowest BCUT2D eigenvalue weighted by atomic mass is 9.99. The van der Waals surface area contributed by atoms with Gasteiger partial charge in [-0.25, -0.2) is 14.4 Å². The Morgan fingerprint density at radius 1 is 0.804 bits per heavy atom. The van der Waals surface area contributed by atoms with Crippen LogP contribution in [0.4, 0.5) is 36.8 Å². The van der Waals surface area contributed by atoms with E-state index in [9.17, 15) is 40.7 Å². The number of hydrogen-bond acceptors (Lipinski definition) is 6. The van der Waals surface area contributed by atoms with Gasteiger partial charge in [0.15, 0.2) is 17.7 Å². The van der Waals surface area contributed by atoms with Crippen molar-refractivity contribution in [3.05, 3.63) is 104 Å². The van der Waals surface area contributed by atoms with Crippen LogP contribution in [-0.4, -0.2) is 40.0 Å². The molecule has 1 aliphatic rings. The molecule has 0 aliphatic carbocycles. The van der Waals surface area contributed by atoms with E-state index in [1.807, 2.05) is 0 Å². The molecule has 1 fully saturated rings. The predicted molar refractivity (Wildman–Crippen MR) is 151 cm³/mol. The van der Waals surface area contributed by atoms with E-state index in [4.69, 9.17) is 14.0 Å². The summed E-state index contributed by atoms with van der Waals surface area (Å²) >= 11 is 0. The molecule has 5 rings (SSSR count). The Balaban J connectivity index is 1.71. The van der Waals surface area contributed by atoms with Crippen molar-refractivity contribution in [1.29, 1.82) is 0 Å². The summed E-state index contributed by atoms with van der Waals surface area (Å²) in [6.07, 6.45) is -11.2. The van der Waals surface area contributed by atoms with Gasteiger partial charge in [-0.05, 0) is 56.3 Å². The number of nitrogens with zero attached hydrogens (tertiary/aromatic N) is 4. The Kier molecular flexibility index (Phi) is 7.95. The van der Waals surface area contributed by atoms with Crippen molar-refractivity contribution in [2.24, 2.45) is 0 Å². The van der Waals surface area contributed by atoms with Gasteiger partial charge in [0.25, 0.3) is 0 Å². The van der Waals surface area contributed by atoms with Crippen LogP contribution in [0.15, 0.2) is 80.8 Å². The Morgan fingerprint density at radius 3 is 1.93 bits per heavy atom. The molecule has 3 aromatic carbocycles. The maximum Gasteiger partial charge on any atom is 0.447 e. The molecule has 2 heterocycles. The predicted octanol–water partition coefficient (Wildman–Crippen LogP) is 6.07. The zero-order valence-electron chi connectivity index (χ0n) is 24.6. The van der Waals surface area contributed by atoms with E-state index < -0.39 is 58.3 Å². The molecule has 1 aliphatic heterocycles. The van der Waals surface area contributed by atoms with Gasteiger partial charge in [-0.3, -0.25) is 4.90 Å². The van der Waals surface area contributed by atoms with Crippen molar-refractivity contribution < 1.29 is 45.1 Å². The van der Waals surface area contributed by atoms with Gasteiger partial charge in [0.1, 0.15) is 0 Å². The highest BCUT2D eigenvalue weighted by molar-refractivity contribution is 5.95. The largest absolute Gasteiger partial charge is 0.493 e. The van der Waals surface area contributed by atoms with E-state index in [-0.39, 0.29) is 18.0 Å². The van der Waals surface area contributed by atoms with Crippen LogP contribution < -0.4 is 25.8 Å². The monoisotopic (exact) mass is 652 g/mol. The number of halogens is 6. The zero-order valence-corrected chi connectivity index (χ0v) is 24.6. The molecule has 0 spiro atoms. The molecule has 16 heteroatoms. The minimum absolute atomic E-state index is 0.203. The number of ether oxygens (including phenoxy) is 2. The molecule has 244 valence electrons. The number of amides is 2. The summed E-state index contributed by atoms with van der Waals surface area (Å²) in [5.74, 6) is -0.789. The van der Waals surface area contributed by atoms with Gasteiger partial charge in [0.05, 0.1) is 43.1 Å². The third kappa shape index (κ3) is 5.47. The third-order valence-electron chi connectivity index (χ3n) is 7.67. The number of alkyl halides is 6. The molecular formula is C30H26F6N4O6. The lowest BCUT2D eigenvalue weighted by molar-refractivity contribution is -0.138. The van der Waals surface area contributed by atoms with E-state index in [0.29, 0.717) is 32.8 Å². The number of para-hydroxylation sites is 1. The Labute approximate surface area is 256 Å². The summed E-state index contributed by atoms with van der Waals surface area (Å²) in [4.78, 5) is 43.1. The van der Waals surface area contributed by atoms with Crippen molar-refractivity contribution in [1.82, 2.24) is 14.2 Å². The fraction of sp³-hybridized carbons (Fsp3) is 0.300. The molecule has 1 aromatic heterocycles. The second-order valence-corrected chi connectivity index (χ2v) is 10.8. The van der Waals surface area contributed by atoms with Gasteiger partial charge in [-0.1, -0.05) is 24.3 Å². The number of benzene rings is 3. The standard InChI is InChI=1S/C30H26F6N4O6/c1-28(2)24(40-26(42)39(27(43)46-40)21-12-7-10-19(15-21)30(34,35)36)38(20-11-6-9-18(14-20)29(31,32)33)25(41)37(28)16-17-8-5-13-22(44-3)23(17)45-4/h5-15,24H,16H2,1-4H3. The molecule has 0 bridgehead atoms. The molecule has 0 N–H and O–H groups in total. The Bertz CT molecular complexity index is 1910. The van der Waals surface area contributed by atoms with Gasteiger partial charge in [0, 0.05) is 11.3 Å². The molecule has 46 heavy (non-hydrogen) atoms. The van der Waals surface area contributed by atoms with E-state index >= 15 is 0 Å². The van der Waals surface area contributed by atoms with Crippen molar-refractivity contribution in [2.75, 3.05) is 19.1 Å². The molecule has 4 aromatic rings. The minimum Gasteiger partial charge on any atom is -0.493 e. The highest BCUT2D eigenvalue weighted by atomic mass is 19.4. The van der Waals surface area contributed by atoms with Crippen LogP contribution in [0.2, 0.25) is 0 Å². The van der Waals surface area contributed by atoms with Crippen LogP contribution in [0, 0.1) is 0 Å². The van der Waals surface area contributed by atoms with E-state index in [2.05, 4.69) is 0 Å². The van der Waals surface area contributed by atoms with Crippen molar-refractivity contribution in [3.63, 3.8) is 0 Å². The number of carbonyl (C=O) groups is 1. The first-order chi connectivity index (χ1) is 21.5. The molecule has 1 unspecified atom stereocenters. The summed E-state index contributed by atoms with van der Waals surface area (Å²) in [5, 5.41) is 0. The van der Waals surface area contributed by atoms with Crippen molar-refractivity contribution in [2.45, 2.75) is 44.4 Å². The summed E-state index contributed by atoms with van der Waals surface area (Å²) in [7, 11) is 2.78. The third-order valence-corrected chi connectivity index (χ3v) is 7.67. The quantitative estimate of drug-likeness (QED) is 0.225. The summed E-state index contributed by atoms with van der Waals surface area (Å²) in [6, 6.07) is 11.1. The van der Waals surface area contributed by atoms with Crippen LogP contribution in [0.3, 0.4) is 0 Å². The number of aromatic nitrogens is 2. The zero-order chi connectivity index (χ0) is 33.8. The molecular weight excluding hydrogens is 626 g/mol. The number of rotatable bonds is 7. The average molecular weight is 653 g/mol. The number of urea groups is 1. The van der Waals surface area contributed by atoms with E-state index in [1.54, 1.807) is 18.2 Å². The van der Waals surface area contributed by atoms with Crippen LogP contribution in [0.25, 0.3) is 5.69 Å². The fourth-order valence-corrected chi connectivity index (χ4v) is 5.46. The van der Waals surface area contributed by atoms with Crippen LogP contribution in [0.1, 0.15) is 36.7 Å². The Hall–Kier alpha value is -5.15. The number of carbonyl (C=O) groups excluding carboxylic acids is 1. The maximum atomic E-state index is 14.2. The van der Waals surface area contributed by atoms with Crippen LogP contribution in [-0.2, 0) is 18.9 Å². The number of hydrogen-bond donors (Lipinski definition) is 0. The smallest absolute Gasteiger partial charge is 0.447 e. The van der Waals surface area contributed by atoms with Gasteiger partial charge >= 0.3 is 29.8 Å². The molecule has 2 amide bonds. The SMILES string of the molecule is COc1cccc(CN2C(=O)N(c3cccc(C(F)(F)F)c3)C(n3oc(=O)n(-c4cccc(C(F)(F)F)c4)c3=O)C2(C)C)c1OC. The van der Waals surface area contributed by atoms with Crippen LogP contribution in [0.5, 0.6) is 11.5 Å². The van der Waals surface area contributed by atoms with Crippen molar-refractivity contribution >= 4 is 11.7 Å². The van der Waals surface area contributed by atoms with Crippen LogP contribution >= 0.6 is 0 Å². The van der Waals surface area contributed by atoms with Gasteiger partial charge in [0.2, 0.25) is 0 Å². The second-order valence-electron chi connectivity index (χ2n) is 10.8. The van der Waals surface area contributed by atoms with Gasteiger partial charge in [-0.15, -0.1) is 4.74 Å². The minimum atomic E-state index is -4.80. The summed E-state index contributed by atoms with van der Waals surface area (Å²) in [6.45, 7) is 2.78. The highest BCUT2D eigenvalue weighted by Crippen LogP contribution is 2.45. The molecule has 1 atom stereocenters. The topological polar surface area (TPSA) is 99.1 Å². The second kappa shape index (κ2) is 11.3. The normalized spacial score (nSPS) is 16.7. The summed E-state index contributed by atoms with van der Waals surface area (Å²) in [5.41, 5.74) is -5.37. The summed E-state index contributed by atoms with van der Waals surface area (Å²) < 4.78 is 98.3. The number of methoxy groups -OCH3 is 2. The lowest BCUT2D eigenvalue weighted by Gasteiger charge is -2.34. The van der Waals surface area contributed by atoms with E-state index in [0.717, 1.165) is 35.2 Å². The molecule has 10 nitrogen and oxygen atoms in total. The van der Waals surface area contributed by atoms with Gasteiger partial charge < -0.3 is 18.9 Å². The first kappa shape index (κ1) is 32.2. The maximum absolute atomic E-state index is 14.2. The number of anilines is 1. The van der Waals surface area contributed by atoms with E-state index in [1.165, 1.54) is 39.0 Å². The Morgan fingerprint density at radius 2 is 1.37 bits per heavy atom. The average Bonchev–Trinajstić information content (AvgIpc) is 3.39. The fourth-order valence-electron chi connectivity index (χ4n) is 5.46. The molecule has 1 saturated heterocycles. The molecule has 0 saturated carbocycles. The first-order valence-electron chi connectivity index (χ1n) is 13.5. The molecule has 0 radical (unpaired) electrons.